The zero-order valence-electron chi connectivity index (χ0n) is 14.0. The largest absolute Gasteiger partial charge is 0.386 e. The lowest BCUT2D eigenvalue weighted by atomic mass is 9.93. The third-order valence-electron chi connectivity index (χ3n) is 4.85. The van der Waals surface area contributed by atoms with Crippen molar-refractivity contribution in [3.8, 4) is 24.5 Å². The van der Waals surface area contributed by atoms with Gasteiger partial charge in [0.15, 0.2) is 0 Å². The fourth-order valence-electron chi connectivity index (χ4n) is 3.69. The minimum absolute atomic E-state index is 0.146. The summed E-state index contributed by atoms with van der Waals surface area (Å²) >= 11 is 1.36. The first-order valence-electron chi connectivity index (χ1n) is 8.10. The lowest BCUT2D eigenvalue weighted by molar-refractivity contribution is 0.489. The molecule has 0 N–H and O–H groups in total. The van der Waals surface area contributed by atoms with E-state index in [1.54, 1.807) is 12.1 Å². The molecule has 2 aromatic heterocycles. The van der Waals surface area contributed by atoms with Crippen LogP contribution in [0.1, 0.15) is 16.7 Å². The van der Waals surface area contributed by atoms with Gasteiger partial charge >= 0.3 is 11.3 Å². The van der Waals surface area contributed by atoms with Crippen LogP contribution in [0.15, 0.2) is 44.3 Å². The molecular formula is C22H6N2O3S. The van der Waals surface area contributed by atoms with Gasteiger partial charge in [0.25, 0.3) is 0 Å². The molecule has 5 rings (SSSR count). The molecule has 0 saturated heterocycles. The van der Waals surface area contributed by atoms with Gasteiger partial charge in [0, 0.05) is 31.8 Å². The van der Waals surface area contributed by atoms with Crippen LogP contribution in [0.5, 0.6) is 0 Å². The van der Waals surface area contributed by atoms with Crippen molar-refractivity contribution in [3.05, 3.63) is 67.9 Å². The monoisotopic (exact) mass is 378 g/mol. The quantitative estimate of drug-likeness (QED) is 0.232. The van der Waals surface area contributed by atoms with Gasteiger partial charge in [-0.3, -0.25) is 0 Å². The highest BCUT2D eigenvalue weighted by Gasteiger charge is 2.22. The second-order valence-electron chi connectivity index (χ2n) is 6.26. The molecule has 3 aromatic carbocycles. The third-order valence-corrected chi connectivity index (χ3v) is 6.05. The number of hydrogen-bond donors (Lipinski definition) is 0. The molecule has 128 valence electrons. The molecule has 0 bridgehead atoms. The summed E-state index contributed by atoms with van der Waals surface area (Å²) in [7, 11) is 0. The lowest BCUT2D eigenvalue weighted by Crippen LogP contribution is -2.13. The van der Waals surface area contributed by atoms with Crippen LogP contribution in [-0.4, -0.2) is 0 Å². The first kappa shape index (κ1) is 16.0. The number of nitriles is 2. The fourth-order valence-corrected chi connectivity index (χ4v) is 4.84. The summed E-state index contributed by atoms with van der Waals surface area (Å²) in [6, 6.07) is 12.6. The molecule has 0 aliphatic heterocycles. The fraction of sp³-hybridized carbons (Fsp3) is 0. The van der Waals surface area contributed by atoms with Crippen LogP contribution in [0.3, 0.4) is 0 Å². The molecule has 0 aliphatic rings. The maximum absolute atomic E-state index is 12.3. The van der Waals surface area contributed by atoms with Crippen molar-refractivity contribution < 1.29 is 4.42 Å². The summed E-state index contributed by atoms with van der Waals surface area (Å²) in [5, 5.41) is 22.0. The van der Waals surface area contributed by atoms with Crippen LogP contribution >= 0.6 is 11.3 Å². The van der Waals surface area contributed by atoms with Gasteiger partial charge in [0.05, 0.1) is 32.7 Å². The van der Waals surface area contributed by atoms with Crippen molar-refractivity contribution in [2.24, 2.45) is 0 Å². The Balaban J connectivity index is 2.30. The maximum Gasteiger partial charge on any atom is 0.346 e. The second kappa shape index (κ2) is 5.41. The average molecular weight is 378 g/mol. The van der Waals surface area contributed by atoms with E-state index in [0.29, 0.717) is 26.4 Å². The molecule has 0 aliphatic carbocycles. The molecule has 0 radical (unpaired) electrons. The number of benzene rings is 3. The third kappa shape index (κ3) is 1.89. The Morgan fingerprint density at radius 2 is 1.54 bits per heavy atom. The Kier molecular flexibility index (Phi) is 3.10. The van der Waals surface area contributed by atoms with Crippen molar-refractivity contribution in [2.45, 2.75) is 0 Å². The number of terminal acetylenes is 1. The smallest absolute Gasteiger partial charge is 0.346 e. The van der Waals surface area contributed by atoms with Crippen molar-refractivity contribution in [3.63, 3.8) is 0 Å². The number of hydrogen-bond acceptors (Lipinski definition) is 6. The Hall–Kier alpha value is -4.18. The Labute approximate surface area is 160 Å². The van der Waals surface area contributed by atoms with Gasteiger partial charge in [0.2, 0.25) is 0 Å². The molecule has 0 amide bonds. The van der Waals surface area contributed by atoms with Crippen LogP contribution in [-0.2, 0) is 0 Å². The molecule has 5 aromatic rings. The second-order valence-corrected chi connectivity index (χ2v) is 7.31. The van der Waals surface area contributed by atoms with Crippen molar-refractivity contribution in [1.82, 2.24) is 0 Å². The van der Waals surface area contributed by atoms with E-state index in [1.165, 1.54) is 23.5 Å². The van der Waals surface area contributed by atoms with Crippen LogP contribution in [0.4, 0.5) is 0 Å². The van der Waals surface area contributed by atoms with Gasteiger partial charge in [-0.05, 0) is 30.3 Å². The minimum atomic E-state index is -0.801. The molecule has 0 unspecified atom stereocenters. The number of rotatable bonds is 0. The van der Waals surface area contributed by atoms with Gasteiger partial charge < -0.3 is 4.42 Å². The van der Waals surface area contributed by atoms with Gasteiger partial charge in [-0.2, -0.15) is 10.5 Å². The molecule has 0 saturated carbocycles. The molecule has 0 fully saturated rings. The normalized spacial score (nSPS) is 11.0. The summed E-state index contributed by atoms with van der Waals surface area (Å²) in [5.41, 5.74) is -0.420. The zero-order valence-corrected chi connectivity index (χ0v) is 14.8. The highest BCUT2D eigenvalue weighted by molar-refractivity contribution is 7.25. The van der Waals surface area contributed by atoms with Crippen LogP contribution in [0.25, 0.3) is 41.7 Å². The SMILES string of the molecule is C#Cc1ccc2sc3c(C#N)cc4c(=O)oc(=O)c5cc(C#N)c(c2c1)c3c45. The summed E-state index contributed by atoms with van der Waals surface area (Å²) in [5.74, 6) is 2.58. The summed E-state index contributed by atoms with van der Waals surface area (Å²) < 4.78 is 6.26. The lowest BCUT2D eigenvalue weighted by Gasteiger charge is -2.14. The Morgan fingerprint density at radius 3 is 2.18 bits per heavy atom. The van der Waals surface area contributed by atoms with E-state index in [9.17, 15) is 20.1 Å². The van der Waals surface area contributed by atoms with E-state index in [2.05, 4.69) is 18.1 Å². The topological polar surface area (TPSA) is 94.9 Å². The van der Waals surface area contributed by atoms with Crippen molar-refractivity contribution in [2.75, 3.05) is 0 Å². The number of nitrogens with zero attached hydrogens (tertiary/aromatic N) is 2. The van der Waals surface area contributed by atoms with Gasteiger partial charge in [-0.15, -0.1) is 17.8 Å². The first-order chi connectivity index (χ1) is 13.6. The van der Waals surface area contributed by atoms with E-state index in [0.717, 1.165) is 10.1 Å². The Bertz CT molecular complexity index is 1710. The summed E-state index contributed by atoms with van der Waals surface area (Å²) in [6.45, 7) is 0. The van der Waals surface area contributed by atoms with E-state index in [1.807, 2.05) is 6.07 Å². The average Bonchev–Trinajstić information content (AvgIpc) is 2.72. The molecule has 6 heteroatoms. The van der Waals surface area contributed by atoms with Crippen LogP contribution in [0.2, 0.25) is 0 Å². The van der Waals surface area contributed by atoms with Crippen LogP contribution in [0, 0.1) is 35.0 Å². The first-order valence-corrected chi connectivity index (χ1v) is 8.92. The van der Waals surface area contributed by atoms with Gasteiger partial charge in [0.1, 0.15) is 6.07 Å². The van der Waals surface area contributed by atoms with Crippen molar-refractivity contribution in [1.29, 1.82) is 10.5 Å². The molecule has 0 spiro atoms. The summed E-state index contributed by atoms with van der Waals surface area (Å²) in [4.78, 5) is 24.7. The summed E-state index contributed by atoms with van der Waals surface area (Å²) in [6.07, 6.45) is 5.54. The highest BCUT2D eigenvalue weighted by Crippen LogP contribution is 2.43. The van der Waals surface area contributed by atoms with E-state index < -0.39 is 11.3 Å². The van der Waals surface area contributed by atoms with E-state index in [4.69, 9.17) is 10.8 Å². The maximum atomic E-state index is 12.3. The highest BCUT2D eigenvalue weighted by atomic mass is 32.1. The van der Waals surface area contributed by atoms with E-state index >= 15 is 0 Å². The zero-order chi connectivity index (χ0) is 19.6. The standard InChI is InChI=1S/C22H6N2O3S/c1-2-10-3-4-16-13(5-10)17-11(8-23)6-14-18-15(22(26)27-21(14)25)7-12(9-24)20(28-16)19(17)18/h1,3-7H. The minimum Gasteiger partial charge on any atom is -0.386 e. The predicted molar refractivity (Wildman–Crippen MR) is 108 cm³/mol. The van der Waals surface area contributed by atoms with E-state index in [-0.39, 0.29) is 21.9 Å². The van der Waals surface area contributed by atoms with Crippen molar-refractivity contribution >= 4 is 53.1 Å². The molecule has 0 atom stereocenters. The molecule has 5 nitrogen and oxygen atoms in total. The van der Waals surface area contributed by atoms with Crippen LogP contribution < -0.4 is 11.3 Å². The molecule has 2 heterocycles. The van der Waals surface area contributed by atoms with Gasteiger partial charge in [-0.25, -0.2) is 9.59 Å². The molecular weight excluding hydrogens is 372 g/mol. The Morgan fingerprint density at radius 1 is 0.857 bits per heavy atom. The molecule has 28 heavy (non-hydrogen) atoms. The number of fused-ring (bicyclic) bond motifs is 2. The predicted octanol–water partition coefficient (Wildman–Crippen LogP) is 3.84. The van der Waals surface area contributed by atoms with Gasteiger partial charge in [-0.1, -0.05) is 5.92 Å².